The molecule has 0 radical (unpaired) electrons. The van der Waals surface area contributed by atoms with Gasteiger partial charge in [0.05, 0.1) is 39.2 Å². The maximum absolute atomic E-state index is 13.4. The second-order valence-electron chi connectivity index (χ2n) is 7.27. The van der Waals surface area contributed by atoms with Gasteiger partial charge in [-0.2, -0.15) is 5.26 Å². The van der Waals surface area contributed by atoms with Crippen molar-refractivity contribution in [2.45, 2.75) is 19.8 Å². The predicted molar refractivity (Wildman–Crippen MR) is 120 cm³/mol. The molecule has 1 aliphatic rings. The Hall–Kier alpha value is -3.73. The molecule has 1 saturated heterocycles. The van der Waals surface area contributed by atoms with Crippen LogP contribution in [0.2, 0.25) is 0 Å². The van der Waals surface area contributed by atoms with Gasteiger partial charge in [0.25, 0.3) is 0 Å². The van der Waals surface area contributed by atoms with Crippen LogP contribution in [-0.4, -0.2) is 45.7 Å². The summed E-state index contributed by atoms with van der Waals surface area (Å²) in [5.74, 6) is 0.954. The molecular formula is C24H27N3O5. The van der Waals surface area contributed by atoms with Crippen molar-refractivity contribution < 1.29 is 23.8 Å². The standard InChI is InChI=1S/C24H27N3O5/c1-4-32-20-9-6-18(7-10-20)26(13-5-12-25)24(29)17-14-23(28)27(16-17)19-8-11-21(30-2)22(15-19)31-3/h6-11,15,17H,4-5,13-14,16H2,1-3H3. The first-order chi connectivity index (χ1) is 15.5. The number of rotatable bonds is 9. The number of ether oxygens (including phenoxy) is 3. The van der Waals surface area contributed by atoms with Gasteiger partial charge in [0.15, 0.2) is 11.5 Å². The van der Waals surface area contributed by atoms with E-state index < -0.39 is 5.92 Å². The number of carbonyl (C=O) groups is 2. The van der Waals surface area contributed by atoms with Gasteiger partial charge < -0.3 is 24.0 Å². The van der Waals surface area contributed by atoms with Crippen LogP contribution in [0, 0.1) is 17.2 Å². The Morgan fingerprint density at radius 3 is 2.50 bits per heavy atom. The average Bonchev–Trinajstić information content (AvgIpc) is 3.21. The minimum atomic E-state index is -0.513. The van der Waals surface area contributed by atoms with Crippen LogP contribution < -0.4 is 24.0 Å². The van der Waals surface area contributed by atoms with Crippen molar-refractivity contribution >= 4 is 23.2 Å². The highest BCUT2D eigenvalue weighted by atomic mass is 16.5. The van der Waals surface area contributed by atoms with Crippen LogP contribution in [0.25, 0.3) is 0 Å². The normalized spacial score (nSPS) is 15.2. The molecule has 0 bridgehead atoms. The molecule has 1 heterocycles. The van der Waals surface area contributed by atoms with Crippen molar-refractivity contribution in [1.29, 1.82) is 5.26 Å². The number of nitriles is 1. The fourth-order valence-electron chi connectivity index (χ4n) is 3.75. The molecule has 1 unspecified atom stereocenters. The molecule has 1 aliphatic heterocycles. The summed E-state index contributed by atoms with van der Waals surface area (Å²) in [6, 6.07) is 14.5. The molecule has 0 N–H and O–H groups in total. The van der Waals surface area contributed by atoms with E-state index in [-0.39, 0.29) is 37.7 Å². The van der Waals surface area contributed by atoms with Gasteiger partial charge in [0, 0.05) is 37.0 Å². The number of amides is 2. The Kier molecular flexibility index (Phi) is 7.55. The molecule has 8 heteroatoms. The minimum absolute atomic E-state index is 0.104. The van der Waals surface area contributed by atoms with E-state index in [1.807, 2.05) is 6.92 Å². The number of carbonyl (C=O) groups excluding carboxylic acids is 2. The highest BCUT2D eigenvalue weighted by Gasteiger charge is 2.37. The van der Waals surface area contributed by atoms with E-state index in [0.717, 1.165) is 0 Å². The maximum atomic E-state index is 13.4. The van der Waals surface area contributed by atoms with E-state index in [1.54, 1.807) is 59.4 Å². The Bertz CT molecular complexity index is 1000. The summed E-state index contributed by atoms with van der Waals surface area (Å²) < 4.78 is 16.1. The third-order valence-corrected chi connectivity index (χ3v) is 5.33. The molecule has 2 aromatic carbocycles. The molecule has 0 spiro atoms. The highest BCUT2D eigenvalue weighted by molar-refractivity contribution is 6.04. The molecule has 2 amide bonds. The second kappa shape index (κ2) is 10.5. The first kappa shape index (κ1) is 22.9. The SMILES string of the molecule is CCOc1ccc(N(CCC#N)C(=O)C2CC(=O)N(c3ccc(OC)c(OC)c3)C2)cc1. The van der Waals surface area contributed by atoms with Gasteiger partial charge in [-0.3, -0.25) is 9.59 Å². The number of hydrogen-bond donors (Lipinski definition) is 0. The van der Waals surface area contributed by atoms with Crippen LogP contribution in [0.5, 0.6) is 17.2 Å². The monoisotopic (exact) mass is 437 g/mol. The van der Waals surface area contributed by atoms with Crippen molar-refractivity contribution in [3.8, 4) is 23.3 Å². The Morgan fingerprint density at radius 1 is 1.16 bits per heavy atom. The average molecular weight is 437 g/mol. The lowest BCUT2D eigenvalue weighted by Gasteiger charge is -2.25. The molecule has 0 aromatic heterocycles. The maximum Gasteiger partial charge on any atom is 0.232 e. The molecule has 1 fully saturated rings. The van der Waals surface area contributed by atoms with Crippen LogP contribution in [0.4, 0.5) is 11.4 Å². The van der Waals surface area contributed by atoms with Gasteiger partial charge in [-0.05, 0) is 43.3 Å². The number of methoxy groups -OCH3 is 2. The van der Waals surface area contributed by atoms with E-state index >= 15 is 0 Å². The van der Waals surface area contributed by atoms with Gasteiger partial charge in [0.2, 0.25) is 11.8 Å². The van der Waals surface area contributed by atoms with Crippen molar-refractivity contribution in [2.24, 2.45) is 5.92 Å². The second-order valence-corrected chi connectivity index (χ2v) is 7.27. The van der Waals surface area contributed by atoms with E-state index in [9.17, 15) is 9.59 Å². The lowest BCUT2D eigenvalue weighted by Crippen LogP contribution is -2.38. The molecule has 168 valence electrons. The van der Waals surface area contributed by atoms with Crippen LogP contribution in [0.15, 0.2) is 42.5 Å². The quantitative estimate of drug-likeness (QED) is 0.597. The molecule has 3 rings (SSSR count). The smallest absolute Gasteiger partial charge is 0.232 e. The highest BCUT2D eigenvalue weighted by Crippen LogP contribution is 2.35. The van der Waals surface area contributed by atoms with Crippen molar-refractivity contribution in [1.82, 2.24) is 0 Å². The summed E-state index contributed by atoms with van der Waals surface area (Å²) in [6.07, 6.45) is 0.298. The number of nitrogens with zero attached hydrogens (tertiary/aromatic N) is 3. The lowest BCUT2D eigenvalue weighted by molar-refractivity contribution is -0.124. The van der Waals surface area contributed by atoms with Gasteiger partial charge in [-0.1, -0.05) is 0 Å². The van der Waals surface area contributed by atoms with E-state index in [2.05, 4.69) is 6.07 Å². The molecule has 0 aliphatic carbocycles. The third kappa shape index (κ3) is 4.94. The van der Waals surface area contributed by atoms with Crippen LogP contribution in [0.3, 0.4) is 0 Å². The Labute approximate surface area is 187 Å². The van der Waals surface area contributed by atoms with E-state index in [1.165, 1.54) is 7.11 Å². The summed E-state index contributed by atoms with van der Waals surface area (Å²) >= 11 is 0. The zero-order valence-electron chi connectivity index (χ0n) is 18.5. The van der Waals surface area contributed by atoms with Crippen molar-refractivity contribution in [2.75, 3.05) is 43.7 Å². The van der Waals surface area contributed by atoms with Crippen LogP contribution in [0.1, 0.15) is 19.8 Å². The number of hydrogen-bond acceptors (Lipinski definition) is 6. The van der Waals surface area contributed by atoms with E-state index in [4.69, 9.17) is 19.5 Å². The summed E-state index contributed by atoms with van der Waals surface area (Å²) in [5.41, 5.74) is 1.32. The molecule has 8 nitrogen and oxygen atoms in total. The van der Waals surface area contributed by atoms with Crippen molar-refractivity contribution in [3.63, 3.8) is 0 Å². The fraction of sp³-hybridized carbons (Fsp3) is 0.375. The summed E-state index contributed by atoms with van der Waals surface area (Å²) in [4.78, 5) is 29.3. The first-order valence-electron chi connectivity index (χ1n) is 10.5. The number of benzene rings is 2. The molecule has 32 heavy (non-hydrogen) atoms. The van der Waals surface area contributed by atoms with Crippen molar-refractivity contribution in [3.05, 3.63) is 42.5 Å². The Morgan fingerprint density at radius 2 is 1.88 bits per heavy atom. The van der Waals surface area contributed by atoms with Gasteiger partial charge in [0.1, 0.15) is 5.75 Å². The lowest BCUT2D eigenvalue weighted by atomic mass is 10.1. The van der Waals surface area contributed by atoms with Gasteiger partial charge in [-0.15, -0.1) is 0 Å². The molecule has 1 atom stereocenters. The topological polar surface area (TPSA) is 92.1 Å². The van der Waals surface area contributed by atoms with E-state index in [0.29, 0.717) is 35.2 Å². The number of anilines is 2. The van der Waals surface area contributed by atoms with Gasteiger partial charge >= 0.3 is 0 Å². The Balaban J connectivity index is 1.80. The summed E-state index contributed by atoms with van der Waals surface area (Å²) in [6.45, 7) is 2.96. The van der Waals surface area contributed by atoms with Crippen LogP contribution >= 0.6 is 0 Å². The predicted octanol–water partition coefficient (Wildman–Crippen LogP) is 3.40. The zero-order chi connectivity index (χ0) is 23.1. The molecule has 0 saturated carbocycles. The summed E-state index contributed by atoms with van der Waals surface area (Å²) in [5, 5.41) is 9.06. The summed E-state index contributed by atoms with van der Waals surface area (Å²) in [7, 11) is 3.08. The first-order valence-corrected chi connectivity index (χ1v) is 10.5. The fourth-order valence-corrected chi connectivity index (χ4v) is 3.75. The zero-order valence-corrected chi connectivity index (χ0v) is 18.5. The molecule has 2 aromatic rings. The van der Waals surface area contributed by atoms with Gasteiger partial charge in [-0.25, -0.2) is 0 Å². The largest absolute Gasteiger partial charge is 0.494 e. The minimum Gasteiger partial charge on any atom is -0.494 e. The van der Waals surface area contributed by atoms with Crippen LogP contribution in [-0.2, 0) is 9.59 Å². The third-order valence-electron chi connectivity index (χ3n) is 5.33. The molecular weight excluding hydrogens is 410 g/mol.